The summed E-state index contributed by atoms with van der Waals surface area (Å²) in [6.07, 6.45) is 1.74. The van der Waals surface area contributed by atoms with E-state index in [0.29, 0.717) is 5.65 Å². The van der Waals surface area contributed by atoms with Gasteiger partial charge in [-0.3, -0.25) is 4.40 Å². The normalized spacial score (nSPS) is 10.7. The van der Waals surface area contributed by atoms with E-state index in [0.717, 1.165) is 11.3 Å². The molecule has 2 aromatic heterocycles. The Labute approximate surface area is 103 Å². The summed E-state index contributed by atoms with van der Waals surface area (Å²) in [6.45, 7) is 0. The molecule has 0 aliphatic heterocycles. The van der Waals surface area contributed by atoms with E-state index >= 15 is 0 Å². The number of carbonyl (C=O) groups is 1. The van der Waals surface area contributed by atoms with E-state index < -0.39 is 5.97 Å². The summed E-state index contributed by atoms with van der Waals surface area (Å²) in [5, 5.41) is 9.11. The van der Waals surface area contributed by atoms with Crippen molar-refractivity contribution in [1.82, 2.24) is 9.38 Å². The number of aromatic nitrogens is 2. The van der Waals surface area contributed by atoms with Gasteiger partial charge in [-0.15, -0.1) is 0 Å². The number of carboxylic acids is 1. The molecule has 0 aliphatic carbocycles. The van der Waals surface area contributed by atoms with Gasteiger partial charge in [0.2, 0.25) is 0 Å². The van der Waals surface area contributed by atoms with Crippen LogP contribution >= 0.6 is 0 Å². The van der Waals surface area contributed by atoms with E-state index in [4.69, 9.17) is 5.11 Å². The van der Waals surface area contributed by atoms with E-state index in [9.17, 15) is 4.79 Å². The first-order valence-corrected chi connectivity index (χ1v) is 5.52. The molecule has 3 aromatic rings. The van der Waals surface area contributed by atoms with Crippen LogP contribution in [0, 0.1) is 0 Å². The zero-order valence-electron chi connectivity index (χ0n) is 9.45. The van der Waals surface area contributed by atoms with E-state index in [1.165, 1.54) is 0 Å². The topological polar surface area (TPSA) is 54.6 Å². The number of nitrogens with zero attached hydrogens (tertiary/aromatic N) is 2. The predicted octanol–water partition coefficient (Wildman–Crippen LogP) is 2.70. The highest BCUT2D eigenvalue weighted by molar-refractivity contribution is 5.86. The highest BCUT2D eigenvalue weighted by Gasteiger charge is 2.10. The predicted molar refractivity (Wildman–Crippen MR) is 67.6 cm³/mol. The van der Waals surface area contributed by atoms with Crippen LogP contribution in [0.15, 0.2) is 54.7 Å². The molecule has 0 saturated heterocycles. The first-order chi connectivity index (χ1) is 8.75. The molecule has 0 atom stereocenters. The molecule has 0 fully saturated rings. The van der Waals surface area contributed by atoms with Crippen LogP contribution in [0.4, 0.5) is 0 Å². The lowest BCUT2D eigenvalue weighted by Crippen LogP contribution is -2.03. The van der Waals surface area contributed by atoms with E-state index in [2.05, 4.69) is 4.98 Å². The number of pyridine rings is 1. The molecule has 0 spiro atoms. The maximum atomic E-state index is 11.1. The average Bonchev–Trinajstić information content (AvgIpc) is 2.83. The fourth-order valence-electron chi connectivity index (χ4n) is 1.93. The highest BCUT2D eigenvalue weighted by atomic mass is 16.4. The van der Waals surface area contributed by atoms with Gasteiger partial charge in [0.15, 0.2) is 0 Å². The summed E-state index contributed by atoms with van der Waals surface area (Å²) in [5.74, 6) is -0.961. The largest absolute Gasteiger partial charge is 0.477 e. The van der Waals surface area contributed by atoms with Crippen LogP contribution < -0.4 is 0 Å². The maximum Gasteiger partial charge on any atom is 0.352 e. The molecule has 0 saturated carbocycles. The van der Waals surface area contributed by atoms with Crippen LogP contribution in [0.25, 0.3) is 16.9 Å². The van der Waals surface area contributed by atoms with Crippen LogP contribution in [0.2, 0.25) is 0 Å². The lowest BCUT2D eigenvalue weighted by molar-refractivity contribution is 0.0689. The Bertz CT molecular complexity index is 717. The standard InChI is InChI=1S/C14H10N2O2/c17-14(18)12-7-4-8-13-15-11(9-16(12)13)10-5-2-1-3-6-10/h1-9H,(H,17,18). The quantitative estimate of drug-likeness (QED) is 0.746. The van der Waals surface area contributed by atoms with Crippen LogP contribution in [-0.4, -0.2) is 20.5 Å². The Morgan fingerprint density at radius 1 is 1.06 bits per heavy atom. The second kappa shape index (κ2) is 4.00. The van der Waals surface area contributed by atoms with Crippen LogP contribution in [-0.2, 0) is 0 Å². The van der Waals surface area contributed by atoms with E-state index in [-0.39, 0.29) is 5.69 Å². The van der Waals surface area contributed by atoms with Crippen LogP contribution in [0.5, 0.6) is 0 Å². The summed E-state index contributed by atoms with van der Waals surface area (Å²) in [7, 11) is 0. The van der Waals surface area contributed by atoms with Gasteiger partial charge >= 0.3 is 5.97 Å². The zero-order chi connectivity index (χ0) is 12.5. The van der Waals surface area contributed by atoms with Gasteiger partial charge in [0.05, 0.1) is 5.69 Å². The minimum absolute atomic E-state index is 0.210. The van der Waals surface area contributed by atoms with Crippen molar-refractivity contribution in [2.45, 2.75) is 0 Å². The Hall–Kier alpha value is -2.62. The summed E-state index contributed by atoms with van der Waals surface area (Å²) >= 11 is 0. The molecule has 1 N–H and O–H groups in total. The monoisotopic (exact) mass is 238 g/mol. The molecular formula is C14H10N2O2. The fourth-order valence-corrected chi connectivity index (χ4v) is 1.93. The van der Waals surface area contributed by atoms with E-state index in [1.54, 1.807) is 28.8 Å². The molecule has 0 aliphatic rings. The maximum absolute atomic E-state index is 11.1. The van der Waals surface area contributed by atoms with Crippen molar-refractivity contribution in [3.63, 3.8) is 0 Å². The number of benzene rings is 1. The van der Waals surface area contributed by atoms with E-state index in [1.807, 2.05) is 30.3 Å². The number of hydrogen-bond acceptors (Lipinski definition) is 2. The summed E-state index contributed by atoms with van der Waals surface area (Å²) in [4.78, 5) is 15.5. The third kappa shape index (κ3) is 1.64. The van der Waals surface area contributed by atoms with Gasteiger partial charge in [-0.05, 0) is 12.1 Å². The fraction of sp³-hybridized carbons (Fsp3) is 0. The van der Waals surface area contributed by atoms with Gasteiger partial charge in [-0.2, -0.15) is 0 Å². The van der Waals surface area contributed by atoms with Crippen LogP contribution in [0.3, 0.4) is 0 Å². The van der Waals surface area contributed by atoms with Crippen molar-refractivity contribution in [2.75, 3.05) is 0 Å². The molecule has 2 heterocycles. The molecule has 0 amide bonds. The number of aromatic carboxylic acids is 1. The minimum atomic E-state index is -0.961. The minimum Gasteiger partial charge on any atom is -0.477 e. The number of rotatable bonds is 2. The average molecular weight is 238 g/mol. The first-order valence-electron chi connectivity index (χ1n) is 5.52. The summed E-state index contributed by atoms with van der Waals surface area (Å²) in [6, 6.07) is 14.7. The van der Waals surface area contributed by atoms with Crippen molar-refractivity contribution in [3.05, 3.63) is 60.4 Å². The number of hydrogen-bond donors (Lipinski definition) is 1. The SMILES string of the molecule is O=C(O)c1cccc2nc(-c3ccccc3)cn12. The van der Waals surface area contributed by atoms with Gasteiger partial charge in [0.1, 0.15) is 11.3 Å². The molecule has 18 heavy (non-hydrogen) atoms. The number of imidazole rings is 1. The second-order valence-corrected chi connectivity index (χ2v) is 3.94. The highest BCUT2D eigenvalue weighted by Crippen LogP contribution is 2.19. The number of carboxylic acid groups (broad SMARTS) is 1. The van der Waals surface area contributed by atoms with Crippen molar-refractivity contribution in [3.8, 4) is 11.3 Å². The lowest BCUT2D eigenvalue weighted by Gasteiger charge is -1.97. The van der Waals surface area contributed by atoms with Crippen molar-refractivity contribution in [1.29, 1.82) is 0 Å². The summed E-state index contributed by atoms with van der Waals surface area (Å²) < 4.78 is 1.59. The third-order valence-corrected chi connectivity index (χ3v) is 2.78. The zero-order valence-corrected chi connectivity index (χ0v) is 9.45. The third-order valence-electron chi connectivity index (χ3n) is 2.78. The van der Waals surface area contributed by atoms with Crippen molar-refractivity contribution in [2.24, 2.45) is 0 Å². The van der Waals surface area contributed by atoms with Gasteiger partial charge < -0.3 is 5.11 Å². The second-order valence-electron chi connectivity index (χ2n) is 3.94. The van der Waals surface area contributed by atoms with Gasteiger partial charge in [0, 0.05) is 11.8 Å². The molecule has 0 bridgehead atoms. The molecule has 4 heteroatoms. The molecule has 0 unspecified atom stereocenters. The van der Waals surface area contributed by atoms with Gasteiger partial charge in [0.25, 0.3) is 0 Å². The Morgan fingerprint density at radius 2 is 1.83 bits per heavy atom. The molecule has 1 aromatic carbocycles. The lowest BCUT2D eigenvalue weighted by atomic mass is 10.2. The number of fused-ring (bicyclic) bond motifs is 1. The molecule has 3 rings (SSSR count). The van der Waals surface area contributed by atoms with Crippen LogP contribution in [0.1, 0.15) is 10.5 Å². The van der Waals surface area contributed by atoms with Gasteiger partial charge in [-0.1, -0.05) is 36.4 Å². The van der Waals surface area contributed by atoms with Crippen molar-refractivity contribution < 1.29 is 9.90 Å². The molecule has 88 valence electrons. The van der Waals surface area contributed by atoms with Gasteiger partial charge in [-0.25, -0.2) is 9.78 Å². The molecular weight excluding hydrogens is 228 g/mol. The Morgan fingerprint density at radius 3 is 2.56 bits per heavy atom. The molecule has 4 nitrogen and oxygen atoms in total. The summed E-state index contributed by atoms with van der Waals surface area (Å²) in [5.41, 5.74) is 2.58. The Kier molecular flexibility index (Phi) is 2.34. The Balaban J connectivity index is 2.23. The first kappa shape index (κ1) is 10.5. The van der Waals surface area contributed by atoms with Crippen molar-refractivity contribution >= 4 is 11.6 Å². The smallest absolute Gasteiger partial charge is 0.352 e. The molecule has 0 radical (unpaired) electrons.